The fourth-order valence-electron chi connectivity index (χ4n) is 1.58. The Morgan fingerprint density at radius 2 is 1.76 bits per heavy atom. The summed E-state index contributed by atoms with van der Waals surface area (Å²) in [6.45, 7) is 4.26. The van der Waals surface area contributed by atoms with E-state index in [9.17, 15) is 17.2 Å². The Balaban J connectivity index is 4.85. The van der Waals surface area contributed by atoms with Crippen LogP contribution in [0.5, 0.6) is 0 Å². The summed E-state index contributed by atoms with van der Waals surface area (Å²) in [5.41, 5.74) is 5.26. The Kier molecular flexibility index (Phi) is 5.96. The lowest BCUT2D eigenvalue weighted by Gasteiger charge is -2.33. The molecule has 0 aliphatic carbocycles. The van der Waals surface area contributed by atoms with Crippen molar-refractivity contribution in [3.8, 4) is 0 Å². The molecule has 0 radical (unpaired) electrons. The van der Waals surface area contributed by atoms with Crippen LogP contribution >= 0.6 is 0 Å². The number of nitrogens with one attached hydrogen (secondary N) is 1. The zero-order valence-corrected chi connectivity index (χ0v) is 11.5. The van der Waals surface area contributed by atoms with E-state index in [1.807, 2.05) is 0 Å². The van der Waals surface area contributed by atoms with Crippen LogP contribution in [0.1, 0.15) is 20.8 Å². The largest absolute Gasteiger partial charge is 0.330 e. The first-order chi connectivity index (χ1) is 7.52. The van der Waals surface area contributed by atoms with Gasteiger partial charge in [0.25, 0.3) is 5.92 Å². The number of alkyl halides is 2. The molecule has 7 heteroatoms. The lowest BCUT2D eigenvalue weighted by atomic mass is 9.83. The van der Waals surface area contributed by atoms with E-state index >= 15 is 0 Å². The monoisotopic (exact) mass is 272 g/mol. The number of hydrogen-bond acceptors (Lipinski definition) is 3. The van der Waals surface area contributed by atoms with Crippen molar-refractivity contribution < 1.29 is 17.2 Å². The van der Waals surface area contributed by atoms with E-state index in [0.717, 1.165) is 6.26 Å². The molecule has 0 aliphatic heterocycles. The van der Waals surface area contributed by atoms with Gasteiger partial charge >= 0.3 is 0 Å². The average Bonchev–Trinajstić information content (AvgIpc) is 2.13. The smallest absolute Gasteiger partial charge is 0.256 e. The first-order valence-corrected chi connectivity index (χ1v) is 7.44. The second-order valence-electron chi connectivity index (χ2n) is 4.78. The molecule has 104 valence electrons. The molecule has 3 N–H and O–H groups in total. The third-order valence-corrected chi connectivity index (χ3v) is 3.57. The summed E-state index contributed by atoms with van der Waals surface area (Å²) < 4.78 is 52.0. The minimum absolute atomic E-state index is 0.130. The van der Waals surface area contributed by atoms with Crippen LogP contribution in [0.15, 0.2) is 0 Å². The highest BCUT2D eigenvalue weighted by Crippen LogP contribution is 2.36. The maximum atomic E-state index is 14.0. The lowest BCUT2D eigenvalue weighted by Crippen LogP contribution is -2.46. The van der Waals surface area contributed by atoms with Gasteiger partial charge in [-0.05, 0) is 5.92 Å². The number of hydrogen-bond donors (Lipinski definition) is 2. The molecule has 0 heterocycles. The molecule has 4 nitrogen and oxygen atoms in total. The van der Waals surface area contributed by atoms with E-state index in [1.54, 1.807) is 13.8 Å². The molecule has 0 fully saturated rings. The lowest BCUT2D eigenvalue weighted by molar-refractivity contribution is -0.112. The topological polar surface area (TPSA) is 72.2 Å². The number of nitrogens with two attached hydrogens (primary N) is 1. The van der Waals surface area contributed by atoms with Crippen molar-refractivity contribution in [2.75, 3.05) is 19.3 Å². The van der Waals surface area contributed by atoms with Crippen molar-refractivity contribution in [2.24, 2.45) is 23.5 Å². The van der Waals surface area contributed by atoms with Crippen LogP contribution in [0.4, 0.5) is 8.78 Å². The molecule has 0 aromatic carbocycles. The second-order valence-corrected chi connectivity index (χ2v) is 6.62. The van der Waals surface area contributed by atoms with E-state index in [0.29, 0.717) is 0 Å². The van der Waals surface area contributed by atoms with Gasteiger partial charge in [-0.25, -0.2) is 21.9 Å². The molecule has 0 aromatic heterocycles. The molecule has 0 spiro atoms. The van der Waals surface area contributed by atoms with Crippen LogP contribution in [0.3, 0.4) is 0 Å². The summed E-state index contributed by atoms with van der Waals surface area (Å²) in [7, 11) is -3.46. The molecule has 0 saturated carbocycles. The molecule has 0 amide bonds. The van der Waals surface area contributed by atoms with Gasteiger partial charge < -0.3 is 5.73 Å². The first kappa shape index (κ1) is 16.7. The molecule has 0 saturated heterocycles. The molecule has 0 aliphatic rings. The fourth-order valence-corrected chi connectivity index (χ4v) is 2.06. The average molecular weight is 272 g/mol. The maximum absolute atomic E-state index is 14.0. The van der Waals surface area contributed by atoms with Crippen molar-refractivity contribution in [2.45, 2.75) is 26.7 Å². The Morgan fingerprint density at radius 3 is 2.06 bits per heavy atom. The van der Waals surface area contributed by atoms with Gasteiger partial charge in [-0.15, -0.1) is 0 Å². The van der Waals surface area contributed by atoms with E-state index in [-0.39, 0.29) is 19.0 Å². The van der Waals surface area contributed by atoms with Gasteiger partial charge in [0, 0.05) is 24.9 Å². The minimum atomic E-state index is -3.46. The zero-order chi connectivity index (χ0) is 13.9. The van der Waals surface area contributed by atoms with Gasteiger partial charge in [0.1, 0.15) is 0 Å². The van der Waals surface area contributed by atoms with E-state index < -0.39 is 27.8 Å². The summed E-state index contributed by atoms with van der Waals surface area (Å²) in [6, 6.07) is 0. The van der Waals surface area contributed by atoms with E-state index in [4.69, 9.17) is 5.73 Å². The number of sulfonamides is 1. The van der Waals surface area contributed by atoms with Crippen LogP contribution in [0.2, 0.25) is 0 Å². The Hall–Kier alpha value is -0.270. The summed E-state index contributed by atoms with van der Waals surface area (Å²) in [4.78, 5) is 0. The van der Waals surface area contributed by atoms with Crippen molar-refractivity contribution in [1.29, 1.82) is 0 Å². The second kappa shape index (κ2) is 6.06. The fraction of sp³-hybridized carbons (Fsp3) is 1.00. The molecule has 0 aromatic rings. The van der Waals surface area contributed by atoms with Crippen LogP contribution in [0.25, 0.3) is 0 Å². The Labute approximate surface area is 102 Å². The Bertz CT molecular complexity index is 331. The standard InChI is InChI=1S/C10H22F2N2O2S/c1-7(2)9(6-14-17(4,15)16)10(11,12)8(3)5-13/h7-9,14H,5-6,13H2,1-4H3. The summed E-state index contributed by atoms with van der Waals surface area (Å²) in [5.74, 6) is -5.36. The molecule has 2 atom stereocenters. The molecule has 0 bridgehead atoms. The van der Waals surface area contributed by atoms with Crippen molar-refractivity contribution in [1.82, 2.24) is 4.72 Å². The number of halogens is 2. The van der Waals surface area contributed by atoms with Gasteiger partial charge in [0.05, 0.1) is 6.26 Å². The van der Waals surface area contributed by atoms with Crippen molar-refractivity contribution >= 4 is 10.0 Å². The van der Waals surface area contributed by atoms with E-state index in [2.05, 4.69) is 4.72 Å². The van der Waals surface area contributed by atoms with Gasteiger partial charge in [0.15, 0.2) is 0 Å². The summed E-state index contributed by atoms with van der Waals surface area (Å²) in [6.07, 6.45) is 0.953. The maximum Gasteiger partial charge on any atom is 0.256 e. The van der Waals surface area contributed by atoms with Gasteiger partial charge in [-0.2, -0.15) is 0 Å². The van der Waals surface area contributed by atoms with Gasteiger partial charge in [-0.3, -0.25) is 0 Å². The highest BCUT2D eigenvalue weighted by Gasteiger charge is 2.45. The van der Waals surface area contributed by atoms with Crippen LogP contribution in [-0.2, 0) is 10.0 Å². The van der Waals surface area contributed by atoms with Gasteiger partial charge in [0.2, 0.25) is 10.0 Å². The molecular formula is C10H22F2N2O2S. The summed E-state index contributed by atoms with van der Waals surface area (Å²) >= 11 is 0. The zero-order valence-electron chi connectivity index (χ0n) is 10.7. The molecular weight excluding hydrogens is 250 g/mol. The van der Waals surface area contributed by atoms with Crippen molar-refractivity contribution in [3.05, 3.63) is 0 Å². The predicted molar refractivity (Wildman–Crippen MR) is 64.3 cm³/mol. The van der Waals surface area contributed by atoms with Crippen LogP contribution in [0, 0.1) is 17.8 Å². The third-order valence-electron chi connectivity index (χ3n) is 2.88. The normalized spacial score (nSPS) is 17.2. The third kappa shape index (κ3) is 5.27. The van der Waals surface area contributed by atoms with Gasteiger partial charge in [-0.1, -0.05) is 20.8 Å². The SMILES string of the molecule is CC(C)C(CNS(C)(=O)=O)C(F)(F)C(C)CN. The highest BCUT2D eigenvalue weighted by molar-refractivity contribution is 7.88. The quantitative estimate of drug-likeness (QED) is 0.727. The summed E-state index contributed by atoms with van der Waals surface area (Å²) in [5, 5.41) is 0. The minimum Gasteiger partial charge on any atom is -0.330 e. The molecule has 17 heavy (non-hydrogen) atoms. The highest BCUT2D eigenvalue weighted by atomic mass is 32.2. The molecule has 0 rings (SSSR count). The Morgan fingerprint density at radius 1 is 1.29 bits per heavy atom. The van der Waals surface area contributed by atoms with Crippen molar-refractivity contribution in [3.63, 3.8) is 0 Å². The molecule has 2 unspecified atom stereocenters. The van der Waals surface area contributed by atoms with Crippen LogP contribution in [-0.4, -0.2) is 33.7 Å². The number of rotatable bonds is 7. The first-order valence-electron chi connectivity index (χ1n) is 5.54. The predicted octanol–water partition coefficient (Wildman–Crippen LogP) is 1.04. The van der Waals surface area contributed by atoms with E-state index in [1.165, 1.54) is 6.92 Å². The van der Waals surface area contributed by atoms with Crippen LogP contribution < -0.4 is 10.5 Å².